The van der Waals surface area contributed by atoms with E-state index in [-0.39, 0.29) is 6.04 Å². The molecule has 0 aliphatic carbocycles. The Bertz CT molecular complexity index is 441. The van der Waals surface area contributed by atoms with Gasteiger partial charge in [-0.2, -0.15) is 0 Å². The van der Waals surface area contributed by atoms with Gasteiger partial charge in [-0.05, 0) is 20.2 Å². The van der Waals surface area contributed by atoms with Crippen LogP contribution in [0.25, 0.3) is 0 Å². The van der Waals surface area contributed by atoms with Gasteiger partial charge in [0.15, 0.2) is 0 Å². The molecule has 1 saturated heterocycles. The molecule has 1 heterocycles. The minimum absolute atomic E-state index is 0.0796. The molecule has 0 amide bonds. The Balaban J connectivity index is 2.12. The maximum atomic E-state index is 10.8. The highest BCUT2D eigenvalue weighted by atomic mass is 16.5. The number of hydrogen-bond donors (Lipinski definition) is 1. The van der Waals surface area contributed by atoms with E-state index in [1.165, 1.54) is 0 Å². The summed E-state index contributed by atoms with van der Waals surface area (Å²) in [5.41, 5.74) is 0.848. The van der Waals surface area contributed by atoms with Gasteiger partial charge in [0.25, 0.3) is 0 Å². The van der Waals surface area contributed by atoms with Crippen molar-refractivity contribution < 1.29 is 14.6 Å². The Labute approximate surface area is 127 Å². The molecule has 0 aromatic heterocycles. The first-order valence-electron chi connectivity index (χ1n) is 7.41. The average Bonchev–Trinajstić information content (AvgIpc) is 2.50. The normalized spacial score (nSPS) is 22.2. The van der Waals surface area contributed by atoms with Gasteiger partial charge in [-0.1, -0.05) is 18.2 Å². The Morgan fingerprint density at radius 3 is 2.76 bits per heavy atom. The largest absolute Gasteiger partial charge is 0.491 e. The Kier molecular flexibility index (Phi) is 5.99. The molecule has 1 fully saturated rings. The van der Waals surface area contributed by atoms with E-state index in [0.717, 1.165) is 30.9 Å². The number of methoxy groups -OCH3 is 1. The van der Waals surface area contributed by atoms with E-state index in [9.17, 15) is 5.11 Å². The van der Waals surface area contributed by atoms with Crippen molar-refractivity contribution in [2.24, 2.45) is 0 Å². The number of hydrogen-bond acceptors (Lipinski definition) is 5. The molecule has 1 aromatic rings. The fraction of sp³-hybridized carbons (Fsp3) is 0.625. The van der Waals surface area contributed by atoms with Crippen molar-refractivity contribution >= 4 is 0 Å². The molecule has 118 valence electrons. The molecule has 1 N–H and O–H groups in total. The van der Waals surface area contributed by atoms with Crippen molar-refractivity contribution in [2.45, 2.75) is 12.1 Å². The third-order valence-electron chi connectivity index (χ3n) is 4.05. The molecular formula is C16H26N2O3. The second kappa shape index (κ2) is 7.75. The predicted octanol–water partition coefficient (Wildman–Crippen LogP) is 0.991. The highest BCUT2D eigenvalue weighted by Crippen LogP contribution is 2.30. The van der Waals surface area contributed by atoms with Gasteiger partial charge in [-0.25, -0.2) is 0 Å². The van der Waals surface area contributed by atoms with Crippen molar-refractivity contribution in [3.8, 4) is 5.75 Å². The van der Waals surface area contributed by atoms with Gasteiger partial charge in [0, 0.05) is 32.3 Å². The molecule has 0 radical (unpaired) electrons. The van der Waals surface area contributed by atoms with Crippen LogP contribution >= 0.6 is 0 Å². The molecular weight excluding hydrogens is 268 g/mol. The van der Waals surface area contributed by atoms with Gasteiger partial charge >= 0.3 is 0 Å². The van der Waals surface area contributed by atoms with Gasteiger partial charge < -0.3 is 19.5 Å². The highest BCUT2D eigenvalue weighted by molar-refractivity contribution is 5.36. The van der Waals surface area contributed by atoms with Crippen molar-refractivity contribution in [1.82, 2.24) is 9.80 Å². The van der Waals surface area contributed by atoms with Crippen molar-refractivity contribution in [1.29, 1.82) is 0 Å². The summed E-state index contributed by atoms with van der Waals surface area (Å²) < 4.78 is 10.7. The predicted molar refractivity (Wildman–Crippen MR) is 82.7 cm³/mol. The fourth-order valence-electron chi connectivity index (χ4n) is 2.68. The van der Waals surface area contributed by atoms with E-state index in [4.69, 9.17) is 9.47 Å². The Morgan fingerprint density at radius 1 is 1.24 bits per heavy atom. The van der Waals surface area contributed by atoms with Crippen molar-refractivity contribution in [3.63, 3.8) is 0 Å². The summed E-state index contributed by atoms with van der Waals surface area (Å²) in [4.78, 5) is 4.47. The quantitative estimate of drug-likeness (QED) is 0.793. The standard InChI is InChI=1S/C16H26N2O3/c1-17-8-9-18(2)14(12-17)16(19)13-6-4-5-7-15(13)21-11-10-20-3/h4-7,14,16,19H,8-12H2,1-3H3. The van der Waals surface area contributed by atoms with Crippen LogP contribution in [0.4, 0.5) is 0 Å². The van der Waals surface area contributed by atoms with E-state index < -0.39 is 6.10 Å². The van der Waals surface area contributed by atoms with Crippen molar-refractivity contribution in [2.75, 3.05) is 54.1 Å². The van der Waals surface area contributed by atoms with E-state index in [1.807, 2.05) is 24.3 Å². The first-order valence-corrected chi connectivity index (χ1v) is 7.41. The number of aliphatic hydroxyl groups excluding tert-OH is 1. The molecule has 5 heteroatoms. The lowest BCUT2D eigenvalue weighted by Crippen LogP contribution is -2.52. The summed E-state index contributed by atoms with van der Waals surface area (Å²) in [6.07, 6.45) is -0.559. The monoisotopic (exact) mass is 294 g/mol. The van der Waals surface area contributed by atoms with Crippen LogP contribution in [0.15, 0.2) is 24.3 Å². The lowest BCUT2D eigenvalue weighted by molar-refractivity contribution is 0.0122. The molecule has 2 rings (SSSR count). The van der Waals surface area contributed by atoms with Gasteiger partial charge in [-0.15, -0.1) is 0 Å². The van der Waals surface area contributed by atoms with Gasteiger partial charge in [-0.3, -0.25) is 4.90 Å². The number of para-hydroxylation sites is 1. The number of likely N-dealkylation sites (N-methyl/N-ethyl adjacent to an activating group) is 2. The zero-order valence-electron chi connectivity index (χ0n) is 13.2. The van der Waals surface area contributed by atoms with E-state index in [0.29, 0.717) is 13.2 Å². The van der Waals surface area contributed by atoms with Gasteiger partial charge in [0.05, 0.1) is 18.8 Å². The van der Waals surface area contributed by atoms with E-state index >= 15 is 0 Å². The second-order valence-corrected chi connectivity index (χ2v) is 5.63. The molecule has 0 bridgehead atoms. The lowest BCUT2D eigenvalue weighted by atomic mass is 9.98. The van der Waals surface area contributed by atoms with E-state index in [2.05, 4.69) is 23.9 Å². The van der Waals surface area contributed by atoms with Crippen LogP contribution in [0, 0.1) is 0 Å². The van der Waals surface area contributed by atoms with Crippen LogP contribution in [0.3, 0.4) is 0 Å². The van der Waals surface area contributed by atoms with Crippen LogP contribution in [0.5, 0.6) is 5.75 Å². The number of rotatable bonds is 6. The van der Waals surface area contributed by atoms with Crippen molar-refractivity contribution in [3.05, 3.63) is 29.8 Å². The minimum Gasteiger partial charge on any atom is -0.491 e. The maximum absolute atomic E-state index is 10.8. The first-order chi connectivity index (χ1) is 10.1. The highest BCUT2D eigenvalue weighted by Gasteiger charge is 2.31. The second-order valence-electron chi connectivity index (χ2n) is 5.63. The number of piperazine rings is 1. The average molecular weight is 294 g/mol. The van der Waals surface area contributed by atoms with Crippen LogP contribution in [0.2, 0.25) is 0 Å². The first kappa shape index (κ1) is 16.2. The van der Waals surface area contributed by atoms with Gasteiger partial charge in [0.1, 0.15) is 12.4 Å². The Hall–Kier alpha value is -1.14. The number of nitrogens with zero attached hydrogens (tertiary/aromatic N) is 2. The molecule has 1 aromatic carbocycles. The molecule has 2 atom stereocenters. The number of ether oxygens (including phenoxy) is 2. The summed E-state index contributed by atoms with van der Waals surface area (Å²) in [6.45, 7) is 3.87. The summed E-state index contributed by atoms with van der Waals surface area (Å²) in [7, 11) is 5.81. The number of benzene rings is 1. The molecule has 1 aliphatic heterocycles. The van der Waals surface area contributed by atoms with Crippen LogP contribution < -0.4 is 4.74 Å². The summed E-state index contributed by atoms with van der Waals surface area (Å²) in [6, 6.07) is 7.79. The van der Waals surface area contributed by atoms with Gasteiger partial charge in [0.2, 0.25) is 0 Å². The fourth-order valence-corrected chi connectivity index (χ4v) is 2.68. The molecule has 5 nitrogen and oxygen atoms in total. The molecule has 2 unspecified atom stereocenters. The zero-order chi connectivity index (χ0) is 15.2. The van der Waals surface area contributed by atoms with Crippen LogP contribution in [-0.2, 0) is 4.74 Å². The summed E-state index contributed by atoms with van der Waals surface area (Å²) in [5.74, 6) is 0.740. The van der Waals surface area contributed by atoms with Crippen LogP contribution in [-0.4, -0.2) is 75.0 Å². The topological polar surface area (TPSA) is 45.2 Å². The smallest absolute Gasteiger partial charge is 0.125 e. The SMILES string of the molecule is COCCOc1ccccc1C(O)C1CN(C)CCN1C. The third kappa shape index (κ3) is 4.17. The third-order valence-corrected chi connectivity index (χ3v) is 4.05. The van der Waals surface area contributed by atoms with Crippen LogP contribution in [0.1, 0.15) is 11.7 Å². The summed E-state index contributed by atoms with van der Waals surface area (Å²) >= 11 is 0. The van der Waals surface area contributed by atoms with E-state index in [1.54, 1.807) is 7.11 Å². The zero-order valence-corrected chi connectivity index (χ0v) is 13.2. The molecule has 21 heavy (non-hydrogen) atoms. The Morgan fingerprint density at radius 2 is 2.00 bits per heavy atom. The molecule has 0 spiro atoms. The summed E-state index contributed by atoms with van der Waals surface area (Å²) in [5, 5.41) is 10.8. The maximum Gasteiger partial charge on any atom is 0.125 e. The molecule has 1 aliphatic rings. The minimum atomic E-state index is -0.559. The lowest BCUT2D eigenvalue weighted by Gasteiger charge is -2.40. The molecule has 0 saturated carbocycles. The number of aliphatic hydroxyl groups is 1.